The van der Waals surface area contributed by atoms with Gasteiger partial charge in [0.2, 0.25) is 5.01 Å². The highest BCUT2D eigenvalue weighted by Crippen LogP contribution is 2.15. The number of aromatic nitrogens is 2. The van der Waals surface area contributed by atoms with E-state index < -0.39 is 11.1 Å². The number of aryl methyl sites for hydroxylation is 1. The summed E-state index contributed by atoms with van der Waals surface area (Å²) in [4.78, 5) is 0. The molecule has 6 nitrogen and oxygen atoms in total. The van der Waals surface area contributed by atoms with Crippen molar-refractivity contribution >= 4 is 11.1 Å². The van der Waals surface area contributed by atoms with Crippen molar-refractivity contribution in [1.82, 2.24) is 9.78 Å². The molecule has 1 unspecified atom stereocenters. The lowest BCUT2D eigenvalue weighted by molar-refractivity contribution is 0.414. The maximum atomic E-state index is 11.6. The predicted octanol–water partition coefficient (Wildman–Crippen LogP) is 2.17. The lowest BCUT2D eigenvalue weighted by Crippen LogP contribution is -2.02. The van der Waals surface area contributed by atoms with E-state index in [-0.39, 0.29) is 0 Å². The summed E-state index contributed by atoms with van der Waals surface area (Å²) in [6.45, 7) is 7.19. The Morgan fingerprint density at radius 1 is 1.40 bits per heavy atom. The first-order valence-corrected chi connectivity index (χ1v) is 6.88. The van der Waals surface area contributed by atoms with E-state index in [0.29, 0.717) is 11.6 Å². The Hall–Kier alpha value is -2.33. The first-order chi connectivity index (χ1) is 9.63. The number of rotatable bonds is 5. The fraction of sp³-hybridized carbons (Fsp3) is 0.231. The molecule has 0 fully saturated rings. The van der Waals surface area contributed by atoms with E-state index in [4.69, 9.17) is 11.3 Å². The Morgan fingerprint density at radius 3 is 2.70 bits per heavy atom. The molecule has 1 heterocycles. The second-order valence-electron chi connectivity index (χ2n) is 4.08. The minimum Gasteiger partial charge on any atom is -0.497 e. The summed E-state index contributed by atoms with van der Waals surface area (Å²) in [6.07, 6.45) is 1.79. The molecule has 7 heteroatoms. The summed E-state index contributed by atoms with van der Waals surface area (Å²) in [7, 11) is 1.62. The van der Waals surface area contributed by atoms with Crippen LogP contribution in [0.1, 0.15) is 11.1 Å². The molecular formula is C13H14N3O3S+. The lowest BCUT2D eigenvalue weighted by atomic mass is 10.2. The van der Waals surface area contributed by atoms with Gasteiger partial charge < -0.3 is 4.74 Å². The van der Waals surface area contributed by atoms with Crippen LogP contribution in [0.5, 0.6) is 5.75 Å². The zero-order valence-electron chi connectivity index (χ0n) is 11.1. The van der Waals surface area contributed by atoms with Crippen molar-refractivity contribution in [3.05, 3.63) is 46.6 Å². The molecule has 104 valence electrons. The van der Waals surface area contributed by atoms with Gasteiger partial charge in [0.05, 0.1) is 13.7 Å². The highest BCUT2D eigenvalue weighted by molar-refractivity contribution is 7.80. The molecule has 2 rings (SSSR count). The number of ether oxygens (including phenoxy) is 1. The van der Waals surface area contributed by atoms with Crippen molar-refractivity contribution in [1.29, 1.82) is 0 Å². The topological polar surface area (TPSA) is 57.7 Å². The highest BCUT2D eigenvalue weighted by atomic mass is 32.2. The molecular weight excluding hydrogens is 278 g/mol. The zero-order valence-corrected chi connectivity index (χ0v) is 12.0. The minimum absolute atomic E-state index is 0.313. The minimum atomic E-state index is -1.78. The number of methoxy groups -OCH3 is 1. The summed E-state index contributed by atoms with van der Waals surface area (Å²) in [6, 6.07) is 7.64. The van der Waals surface area contributed by atoms with Gasteiger partial charge in [-0.3, -0.25) is 4.68 Å². The van der Waals surface area contributed by atoms with Gasteiger partial charge in [-0.25, -0.2) is 4.21 Å². The summed E-state index contributed by atoms with van der Waals surface area (Å²) in [5, 5.41) is 7.43. The number of hydrogen-bond donors (Lipinski definition) is 0. The Morgan fingerprint density at radius 2 is 2.10 bits per heavy atom. The molecule has 0 N–H and O–H groups in total. The van der Waals surface area contributed by atoms with Crippen molar-refractivity contribution < 1.29 is 13.2 Å². The van der Waals surface area contributed by atoms with E-state index in [1.807, 2.05) is 24.3 Å². The smallest absolute Gasteiger partial charge is 0.349 e. The molecule has 0 bridgehead atoms. The maximum absolute atomic E-state index is 11.6. The molecule has 0 saturated heterocycles. The Labute approximate surface area is 119 Å². The van der Waals surface area contributed by atoms with Gasteiger partial charge in [0, 0.05) is 11.8 Å². The van der Waals surface area contributed by atoms with Crippen LogP contribution in [0.4, 0.5) is 0 Å². The standard InChI is InChI=1S/C13H14N3O3S/c1-10-8-16(15-13(10)20(17)19-14-2)9-11-4-6-12(18-3)7-5-11/h2,4-8H,9H2,1,3H3/q+1. The van der Waals surface area contributed by atoms with E-state index in [0.717, 1.165) is 16.9 Å². The third-order valence-corrected chi connectivity index (χ3v) is 3.61. The predicted molar refractivity (Wildman–Crippen MR) is 74.9 cm³/mol. The van der Waals surface area contributed by atoms with E-state index in [1.165, 1.54) is 0 Å². The first kappa shape index (κ1) is 14.1. The molecule has 0 amide bonds. The summed E-state index contributed by atoms with van der Waals surface area (Å²) >= 11 is -1.78. The maximum Gasteiger partial charge on any atom is 0.349 e. The van der Waals surface area contributed by atoms with Gasteiger partial charge in [-0.05, 0) is 28.9 Å². The average molecular weight is 292 g/mol. The van der Waals surface area contributed by atoms with Crippen molar-refractivity contribution in [2.45, 2.75) is 18.5 Å². The second-order valence-corrected chi connectivity index (χ2v) is 5.08. The van der Waals surface area contributed by atoms with E-state index in [9.17, 15) is 4.21 Å². The van der Waals surface area contributed by atoms with Crippen molar-refractivity contribution in [2.24, 2.45) is 0 Å². The molecule has 20 heavy (non-hydrogen) atoms. The molecule has 0 aliphatic heterocycles. The molecule has 0 aliphatic carbocycles. The van der Waals surface area contributed by atoms with Crippen LogP contribution in [0, 0.1) is 13.5 Å². The molecule has 1 atom stereocenters. The molecule has 0 radical (unpaired) electrons. The van der Waals surface area contributed by atoms with Crippen LogP contribution in [-0.2, 0) is 21.9 Å². The third-order valence-electron chi connectivity index (χ3n) is 2.67. The van der Waals surface area contributed by atoms with Gasteiger partial charge in [-0.1, -0.05) is 12.1 Å². The lowest BCUT2D eigenvalue weighted by Gasteiger charge is -2.03. The molecule has 0 saturated carbocycles. The van der Waals surface area contributed by atoms with E-state index in [2.05, 4.69) is 14.4 Å². The summed E-state index contributed by atoms with van der Waals surface area (Å²) < 4.78 is 22.9. The normalized spacial score (nSPS) is 11.7. The summed E-state index contributed by atoms with van der Waals surface area (Å²) in [5.41, 5.74) is 1.80. The van der Waals surface area contributed by atoms with Crippen LogP contribution in [0.3, 0.4) is 0 Å². The van der Waals surface area contributed by atoms with Gasteiger partial charge >= 0.3 is 17.7 Å². The zero-order chi connectivity index (χ0) is 14.5. The van der Waals surface area contributed by atoms with E-state index in [1.54, 1.807) is 24.9 Å². The molecule has 0 spiro atoms. The Kier molecular flexibility index (Phi) is 4.38. The van der Waals surface area contributed by atoms with Gasteiger partial charge in [0.15, 0.2) is 5.03 Å². The molecule has 2 aromatic rings. The van der Waals surface area contributed by atoms with Crippen LogP contribution >= 0.6 is 0 Å². The van der Waals surface area contributed by atoms with Crippen LogP contribution < -0.4 is 4.74 Å². The van der Waals surface area contributed by atoms with Gasteiger partial charge in [0.1, 0.15) is 5.75 Å². The van der Waals surface area contributed by atoms with Crippen molar-refractivity contribution in [2.75, 3.05) is 7.11 Å². The molecule has 1 aromatic carbocycles. The summed E-state index contributed by atoms with van der Waals surface area (Å²) in [5.74, 6) is 0.796. The number of hydrogen-bond acceptors (Lipinski definition) is 4. The second kappa shape index (κ2) is 6.21. The van der Waals surface area contributed by atoms with Gasteiger partial charge in [-0.2, -0.15) is 5.10 Å². The third kappa shape index (κ3) is 3.16. The van der Waals surface area contributed by atoms with Crippen LogP contribution in [0.25, 0.3) is 5.01 Å². The molecule has 0 aliphatic rings. The van der Waals surface area contributed by atoms with Crippen LogP contribution in [-0.4, -0.2) is 21.1 Å². The number of benzene rings is 1. The fourth-order valence-electron chi connectivity index (χ4n) is 1.74. The first-order valence-electron chi connectivity index (χ1n) is 5.80. The van der Waals surface area contributed by atoms with Crippen LogP contribution in [0.15, 0.2) is 35.5 Å². The highest BCUT2D eigenvalue weighted by Gasteiger charge is 2.18. The van der Waals surface area contributed by atoms with Gasteiger partial charge in [0.25, 0.3) is 0 Å². The fourth-order valence-corrected chi connectivity index (χ4v) is 2.38. The number of nitrogens with zero attached hydrogens (tertiary/aromatic N) is 3. The van der Waals surface area contributed by atoms with Gasteiger partial charge in [-0.15, -0.1) is 0 Å². The van der Waals surface area contributed by atoms with Crippen LogP contribution in [0.2, 0.25) is 0 Å². The average Bonchev–Trinajstić information content (AvgIpc) is 2.81. The SMILES string of the molecule is C#[N+]OS(=O)c1nn(Cc2ccc(OC)cc2)cc1C. The van der Waals surface area contributed by atoms with E-state index >= 15 is 0 Å². The molecule has 1 aromatic heterocycles. The Bertz CT molecular complexity index is 658. The monoisotopic (exact) mass is 292 g/mol. The Balaban J connectivity index is 2.15. The van der Waals surface area contributed by atoms with Crippen molar-refractivity contribution in [3.63, 3.8) is 0 Å². The quantitative estimate of drug-likeness (QED) is 0.792. The largest absolute Gasteiger partial charge is 0.497 e. The van der Waals surface area contributed by atoms with Crippen molar-refractivity contribution in [3.8, 4) is 12.3 Å².